The number of pyridine rings is 1. The number of aryl methyl sites for hydroxylation is 1. The smallest absolute Gasteiger partial charge is 0.163 e. The minimum Gasteiger partial charge on any atom is -0.464 e. The van der Waals surface area contributed by atoms with Gasteiger partial charge in [0.2, 0.25) is 0 Å². The zero-order chi connectivity index (χ0) is 13.1. The molecule has 0 unspecified atom stereocenters. The second kappa shape index (κ2) is 5.04. The van der Waals surface area contributed by atoms with Crippen molar-refractivity contribution in [2.24, 2.45) is 0 Å². The maximum Gasteiger partial charge on any atom is 0.163 e. The highest BCUT2D eigenvalue weighted by atomic mass is 16.3. The summed E-state index contributed by atoms with van der Waals surface area (Å²) in [7, 11) is 1.90. The molecule has 0 radical (unpaired) electrons. The third-order valence-corrected chi connectivity index (χ3v) is 2.72. The molecule has 4 nitrogen and oxygen atoms in total. The van der Waals surface area contributed by atoms with Crippen LogP contribution >= 0.6 is 0 Å². The normalized spacial score (nSPS) is 10.4. The lowest BCUT2D eigenvalue weighted by Crippen LogP contribution is -2.20. The molecule has 2 heterocycles. The van der Waals surface area contributed by atoms with Crippen molar-refractivity contribution in [2.75, 3.05) is 11.9 Å². The molecule has 0 spiro atoms. The van der Waals surface area contributed by atoms with Crippen molar-refractivity contribution < 1.29 is 9.21 Å². The third kappa shape index (κ3) is 2.59. The summed E-state index contributed by atoms with van der Waals surface area (Å²) in [5.41, 5.74) is 0.628. The van der Waals surface area contributed by atoms with E-state index < -0.39 is 0 Å². The van der Waals surface area contributed by atoms with Gasteiger partial charge in [-0.3, -0.25) is 4.79 Å². The van der Waals surface area contributed by atoms with Gasteiger partial charge in [-0.1, -0.05) is 0 Å². The maximum absolute atomic E-state index is 11.5. The summed E-state index contributed by atoms with van der Waals surface area (Å²) in [5.74, 6) is 2.43. The van der Waals surface area contributed by atoms with Crippen LogP contribution in [0, 0.1) is 6.92 Å². The zero-order valence-corrected chi connectivity index (χ0v) is 10.8. The molecule has 18 heavy (non-hydrogen) atoms. The Bertz CT molecular complexity index is 560. The zero-order valence-electron chi connectivity index (χ0n) is 10.8. The van der Waals surface area contributed by atoms with Gasteiger partial charge in [0, 0.05) is 13.2 Å². The van der Waals surface area contributed by atoms with Gasteiger partial charge >= 0.3 is 0 Å². The van der Waals surface area contributed by atoms with Crippen LogP contribution in [-0.4, -0.2) is 17.8 Å². The number of Topliss-reactive ketones (excluding diaryl/α,β-unsaturated/α-hetero) is 1. The van der Waals surface area contributed by atoms with Crippen LogP contribution in [0.25, 0.3) is 0 Å². The molecule has 0 saturated heterocycles. The molecule has 2 rings (SSSR count). The molecule has 2 aromatic heterocycles. The van der Waals surface area contributed by atoms with Gasteiger partial charge in [0.05, 0.1) is 12.1 Å². The summed E-state index contributed by atoms with van der Waals surface area (Å²) >= 11 is 0. The van der Waals surface area contributed by atoms with Gasteiger partial charge < -0.3 is 9.32 Å². The first-order chi connectivity index (χ1) is 8.58. The Morgan fingerprint density at radius 1 is 1.39 bits per heavy atom. The van der Waals surface area contributed by atoms with Crippen LogP contribution in [0.3, 0.4) is 0 Å². The molecule has 0 aromatic carbocycles. The van der Waals surface area contributed by atoms with Crippen molar-refractivity contribution in [3.8, 4) is 0 Å². The van der Waals surface area contributed by atoms with Crippen molar-refractivity contribution in [3.05, 3.63) is 47.5 Å². The highest BCUT2D eigenvalue weighted by molar-refractivity contribution is 5.98. The first-order valence-electron chi connectivity index (χ1n) is 5.80. The highest BCUT2D eigenvalue weighted by Crippen LogP contribution is 2.19. The molecule has 0 fully saturated rings. The SMILES string of the molecule is CC(=O)c1cccnc1N(C)Cc1ccc(C)o1. The van der Waals surface area contributed by atoms with E-state index in [2.05, 4.69) is 4.98 Å². The average molecular weight is 244 g/mol. The van der Waals surface area contributed by atoms with Crippen molar-refractivity contribution in [1.29, 1.82) is 0 Å². The second-order valence-electron chi connectivity index (χ2n) is 4.30. The van der Waals surface area contributed by atoms with Crippen molar-refractivity contribution in [2.45, 2.75) is 20.4 Å². The standard InChI is InChI=1S/C14H16N2O2/c1-10-6-7-12(18-10)9-16(3)14-13(11(2)17)5-4-8-15-14/h4-8H,9H2,1-3H3. The number of ketones is 1. The van der Waals surface area contributed by atoms with Crippen LogP contribution < -0.4 is 4.90 Å². The number of carbonyl (C=O) groups excluding carboxylic acids is 1. The van der Waals surface area contributed by atoms with Gasteiger partial charge in [0.1, 0.15) is 17.3 Å². The van der Waals surface area contributed by atoms with Crippen LogP contribution in [0.1, 0.15) is 28.8 Å². The third-order valence-electron chi connectivity index (χ3n) is 2.72. The average Bonchev–Trinajstić information content (AvgIpc) is 2.74. The van der Waals surface area contributed by atoms with E-state index in [9.17, 15) is 4.79 Å². The molecular weight excluding hydrogens is 228 g/mol. The summed E-state index contributed by atoms with van der Waals surface area (Å²) in [6.45, 7) is 4.04. The number of aromatic nitrogens is 1. The summed E-state index contributed by atoms with van der Waals surface area (Å²) in [5, 5.41) is 0. The number of hydrogen-bond acceptors (Lipinski definition) is 4. The maximum atomic E-state index is 11.5. The number of hydrogen-bond donors (Lipinski definition) is 0. The van der Waals surface area contributed by atoms with E-state index in [1.165, 1.54) is 0 Å². The largest absolute Gasteiger partial charge is 0.464 e. The molecule has 0 N–H and O–H groups in total. The monoisotopic (exact) mass is 244 g/mol. The summed E-state index contributed by atoms with van der Waals surface area (Å²) in [6, 6.07) is 7.41. The first-order valence-corrected chi connectivity index (χ1v) is 5.80. The topological polar surface area (TPSA) is 46.3 Å². The molecule has 0 atom stereocenters. The lowest BCUT2D eigenvalue weighted by atomic mass is 10.2. The predicted octanol–water partition coefficient (Wildman–Crippen LogP) is 2.82. The fourth-order valence-corrected chi connectivity index (χ4v) is 1.85. The van der Waals surface area contributed by atoms with E-state index in [-0.39, 0.29) is 5.78 Å². The Balaban J connectivity index is 2.23. The van der Waals surface area contributed by atoms with E-state index in [4.69, 9.17) is 4.42 Å². The van der Waals surface area contributed by atoms with Gasteiger partial charge in [-0.2, -0.15) is 0 Å². The quantitative estimate of drug-likeness (QED) is 0.776. The van der Waals surface area contributed by atoms with Gasteiger partial charge in [0.15, 0.2) is 5.78 Å². The number of furan rings is 1. The van der Waals surface area contributed by atoms with Crippen LogP contribution in [0.4, 0.5) is 5.82 Å². The Kier molecular flexibility index (Phi) is 3.46. The van der Waals surface area contributed by atoms with Crippen LogP contribution in [0.5, 0.6) is 0 Å². The molecule has 0 saturated carbocycles. The Hall–Kier alpha value is -2.10. The van der Waals surface area contributed by atoms with Crippen molar-refractivity contribution >= 4 is 11.6 Å². The van der Waals surface area contributed by atoms with Crippen LogP contribution in [0.15, 0.2) is 34.9 Å². The van der Waals surface area contributed by atoms with Gasteiger partial charge in [-0.05, 0) is 38.1 Å². The Labute approximate surface area is 106 Å². The molecule has 0 bridgehead atoms. The molecule has 94 valence electrons. The van der Waals surface area contributed by atoms with Crippen LogP contribution in [0.2, 0.25) is 0 Å². The molecular formula is C14H16N2O2. The molecule has 0 aliphatic heterocycles. The van der Waals surface area contributed by atoms with E-state index in [0.29, 0.717) is 17.9 Å². The van der Waals surface area contributed by atoms with Crippen LogP contribution in [-0.2, 0) is 6.54 Å². The van der Waals surface area contributed by atoms with E-state index in [1.54, 1.807) is 25.3 Å². The molecule has 0 amide bonds. The lowest BCUT2D eigenvalue weighted by molar-refractivity contribution is 0.101. The lowest BCUT2D eigenvalue weighted by Gasteiger charge is -2.18. The number of anilines is 1. The molecule has 0 aliphatic carbocycles. The van der Waals surface area contributed by atoms with E-state index in [0.717, 1.165) is 11.5 Å². The predicted molar refractivity (Wildman–Crippen MR) is 69.8 cm³/mol. The van der Waals surface area contributed by atoms with Crippen molar-refractivity contribution in [1.82, 2.24) is 4.98 Å². The van der Waals surface area contributed by atoms with Crippen molar-refractivity contribution in [3.63, 3.8) is 0 Å². The summed E-state index contributed by atoms with van der Waals surface area (Å²) < 4.78 is 5.52. The molecule has 0 aliphatic rings. The Morgan fingerprint density at radius 3 is 2.78 bits per heavy atom. The minimum absolute atomic E-state index is 0.0144. The van der Waals surface area contributed by atoms with Gasteiger partial charge in [0.25, 0.3) is 0 Å². The van der Waals surface area contributed by atoms with Gasteiger partial charge in [-0.25, -0.2) is 4.98 Å². The van der Waals surface area contributed by atoms with Gasteiger partial charge in [-0.15, -0.1) is 0 Å². The second-order valence-corrected chi connectivity index (χ2v) is 4.30. The molecule has 4 heteroatoms. The summed E-state index contributed by atoms with van der Waals surface area (Å²) in [4.78, 5) is 17.7. The fraction of sp³-hybridized carbons (Fsp3) is 0.286. The number of nitrogens with zero attached hydrogens (tertiary/aromatic N) is 2. The highest BCUT2D eigenvalue weighted by Gasteiger charge is 2.13. The van der Waals surface area contributed by atoms with E-state index in [1.807, 2.05) is 31.0 Å². The Morgan fingerprint density at radius 2 is 2.17 bits per heavy atom. The molecule has 2 aromatic rings. The number of carbonyl (C=O) groups is 1. The number of rotatable bonds is 4. The summed E-state index contributed by atoms with van der Waals surface area (Å²) in [6.07, 6.45) is 1.69. The first kappa shape index (κ1) is 12.4. The fourth-order valence-electron chi connectivity index (χ4n) is 1.85. The minimum atomic E-state index is 0.0144. The van der Waals surface area contributed by atoms with E-state index >= 15 is 0 Å².